The molecule has 1 rings (SSSR count). The van der Waals surface area contributed by atoms with E-state index in [1.807, 2.05) is 0 Å². The molecule has 1 aromatic carbocycles. The van der Waals surface area contributed by atoms with Crippen molar-refractivity contribution in [1.29, 1.82) is 0 Å². The van der Waals surface area contributed by atoms with Crippen LogP contribution in [0.4, 0.5) is 4.39 Å². The average Bonchev–Trinajstić information content (AvgIpc) is 2.18. The van der Waals surface area contributed by atoms with Crippen LogP contribution in [0.5, 0.6) is 0 Å². The second-order valence-electron chi connectivity index (χ2n) is 3.71. The number of carbonyl (C=O) groups is 1. The Balaban J connectivity index is 3.56. The molecule has 0 heterocycles. The van der Waals surface area contributed by atoms with Crippen LogP contribution in [0.25, 0.3) is 0 Å². The molecule has 0 N–H and O–H groups in total. The second kappa shape index (κ2) is 4.62. The van der Waals surface area contributed by atoms with Gasteiger partial charge in [0, 0.05) is 30.3 Å². The summed E-state index contributed by atoms with van der Waals surface area (Å²) in [6.07, 6.45) is 0. The van der Waals surface area contributed by atoms with Crippen LogP contribution in [0.1, 0.15) is 15.9 Å². The predicted molar refractivity (Wildman–Crippen MR) is 62.2 cm³/mol. The van der Waals surface area contributed by atoms with Gasteiger partial charge in [0.05, 0.1) is 4.90 Å². The van der Waals surface area contributed by atoms with Gasteiger partial charge in [0.25, 0.3) is 15.0 Å². The lowest BCUT2D eigenvalue weighted by molar-refractivity contribution is 0.0826. The first kappa shape index (κ1) is 13.9. The van der Waals surface area contributed by atoms with Gasteiger partial charge in [-0.05, 0) is 24.6 Å². The van der Waals surface area contributed by atoms with Crippen LogP contribution in [-0.4, -0.2) is 33.3 Å². The van der Waals surface area contributed by atoms with Gasteiger partial charge in [-0.1, -0.05) is 0 Å². The van der Waals surface area contributed by atoms with E-state index in [-0.39, 0.29) is 16.0 Å². The quantitative estimate of drug-likeness (QED) is 0.775. The van der Waals surface area contributed by atoms with Gasteiger partial charge in [-0.2, -0.15) is 0 Å². The van der Waals surface area contributed by atoms with E-state index in [9.17, 15) is 17.6 Å². The van der Waals surface area contributed by atoms with E-state index in [0.29, 0.717) is 0 Å². The molecule has 0 aromatic heterocycles. The van der Waals surface area contributed by atoms with Gasteiger partial charge in [0.15, 0.2) is 0 Å². The molecule has 0 saturated carbocycles. The van der Waals surface area contributed by atoms with Crippen LogP contribution in [0.2, 0.25) is 0 Å². The third-order valence-electron chi connectivity index (χ3n) is 2.22. The van der Waals surface area contributed by atoms with E-state index in [4.69, 9.17) is 10.7 Å². The number of halogens is 2. The summed E-state index contributed by atoms with van der Waals surface area (Å²) < 4.78 is 35.7. The van der Waals surface area contributed by atoms with Crippen LogP contribution in [0.15, 0.2) is 17.0 Å². The molecule has 0 radical (unpaired) electrons. The van der Waals surface area contributed by atoms with E-state index < -0.39 is 20.8 Å². The number of nitrogens with zero attached hydrogens (tertiary/aromatic N) is 1. The SMILES string of the molecule is Cc1c(C(=O)N(C)C)cc(F)cc1S(=O)(=O)Cl. The molecule has 0 saturated heterocycles. The first-order valence-electron chi connectivity index (χ1n) is 4.61. The van der Waals surface area contributed by atoms with Crippen LogP contribution >= 0.6 is 10.7 Å². The molecule has 17 heavy (non-hydrogen) atoms. The third kappa shape index (κ3) is 2.95. The van der Waals surface area contributed by atoms with Crippen LogP contribution in [0, 0.1) is 12.7 Å². The molecular weight excluding hydrogens is 269 g/mol. The predicted octanol–water partition coefficient (Wildman–Crippen LogP) is 1.76. The summed E-state index contributed by atoms with van der Waals surface area (Å²) in [6.45, 7) is 1.41. The number of hydrogen-bond donors (Lipinski definition) is 0. The fourth-order valence-corrected chi connectivity index (χ4v) is 2.58. The average molecular weight is 280 g/mol. The molecule has 0 spiro atoms. The molecule has 7 heteroatoms. The Hall–Kier alpha value is -1.14. The van der Waals surface area contributed by atoms with Crippen molar-refractivity contribution in [2.24, 2.45) is 0 Å². The van der Waals surface area contributed by atoms with Crippen molar-refractivity contribution >= 4 is 25.6 Å². The Kier molecular flexibility index (Phi) is 3.78. The van der Waals surface area contributed by atoms with E-state index >= 15 is 0 Å². The van der Waals surface area contributed by atoms with E-state index in [1.54, 1.807) is 0 Å². The largest absolute Gasteiger partial charge is 0.345 e. The lowest BCUT2D eigenvalue weighted by Crippen LogP contribution is -2.23. The zero-order valence-corrected chi connectivity index (χ0v) is 11.1. The molecule has 94 valence electrons. The first-order chi connectivity index (χ1) is 7.64. The molecule has 0 aliphatic carbocycles. The third-order valence-corrected chi connectivity index (χ3v) is 3.67. The molecule has 0 atom stereocenters. The van der Waals surface area contributed by atoms with Crippen molar-refractivity contribution in [2.75, 3.05) is 14.1 Å². The van der Waals surface area contributed by atoms with Crippen molar-refractivity contribution in [3.05, 3.63) is 29.1 Å². The van der Waals surface area contributed by atoms with E-state index in [1.165, 1.54) is 25.9 Å². The van der Waals surface area contributed by atoms with Crippen LogP contribution in [-0.2, 0) is 9.05 Å². The molecule has 0 aliphatic rings. The highest BCUT2D eigenvalue weighted by Crippen LogP contribution is 2.24. The summed E-state index contributed by atoms with van der Waals surface area (Å²) in [4.78, 5) is 12.6. The maximum atomic E-state index is 13.3. The topological polar surface area (TPSA) is 54.5 Å². The molecule has 0 bridgehead atoms. The monoisotopic (exact) mass is 279 g/mol. The normalized spacial score (nSPS) is 11.4. The maximum Gasteiger partial charge on any atom is 0.261 e. The zero-order valence-electron chi connectivity index (χ0n) is 9.49. The molecule has 1 aromatic rings. The molecule has 0 fully saturated rings. The van der Waals surface area contributed by atoms with Gasteiger partial charge in [-0.3, -0.25) is 4.79 Å². The van der Waals surface area contributed by atoms with Crippen molar-refractivity contribution in [3.8, 4) is 0 Å². The molecule has 0 unspecified atom stereocenters. The number of hydrogen-bond acceptors (Lipinski definition) is 3. The lowest BCUT2D eigenvalue weighted by Gasteiger charge is -2.14. The Morgan fingerprint density at radius 2 is 1.88 bits per heavy atom. The Morgan fingerprint density at radius 1 is 1.35 bits per heavy atom. The molecule has 1 amide bonds. The summed E-state index contributed by atoms with van der Waals surface area (Å²) in [5, 5.41) is 0. The highest BCUT2D eigenvalue weighted by molar-refractivity contribution is 8.13. The number of rotatable bonds is 2. The van der Waals surface area contributed by atoms with Gasteiger partial charge < -0.3 is 4.90 Å². The van der Waals surface area contributed by atoms with Crippen molar-refractivity contribution < 1.29 is 17.6 Å². The summed E-state index contributed by atoms with van der Waals surface area (Å²) in [7, 11) is 4.07. The fraction of sp³-hybridized carbons (Fsp3) is 0.300. The smallest absolute Gasteiger partial charge is 0.261 e. The van der Waals surface area contributed by atoms with Crippen molar-refractivity contribution in [3.63, 3.8) is 0 Å². The van der Waals surface area contributed by atoms with E-state index in [2.05, 4.69) is 0 Å². The second-order valence-corrected chi connectivity index (χ2v) is 6.25. The highest BCUT2D eigenvalue weighted by atomic mass is 35.7. The minimum Gasteiger partial charge on any atom is -0.345 e. The summed E-state index contributed by atoms with van der Waals surface area (Å²) >= 11 is 0. The fourth-order valence-electron chi connectivity index (χ4n) is 1.37. The molecule has 0 aliphatic heterocycles. The summed E-state index contributed by atoms with van der Waals surface area (Å²) in [6, 6.07) is 1.79. The Labute approximate surface area is 103 Å². The minimum absolute atomic E-state index is 0.0192. The van der Waals surface area contributed by atoms with Crippen LogP contribution in [0.3, 0.4) is 0 Å². The Morgan fingerprint density at radius 3 is 2.29 bits per heavy atom. The standard InChI is InChI=1S/C10H11ClFNO3S/c1-6-8(10(14)13(2)3)4-7(12)5-9(6)17(11,15)16/h4-5H,1-3H3. The van der Waals surface area contributed by atoms with E-state index in [0.717, 1.165) is 12.1 Å². The van der Waals surface area contributed by atoms with Gasteiger partial charge >= 0.3 is 0 Å². The molecular formula is C10H11ClFNO3S. The van der Waals surface area contributed by atoms with Crippen molar-refractivity contribution in [1.82, 2.24) is 4.90 Å². The number of carbonyl (C=O) groups excluding carboxylic acids is 1. The van der Waals surface area contributed by atoms with Crippen LogP contribution < -0.4 is 0 Å². The first-order valence-corrected chi connectivity index (χ1v) is 6.92. The number of benzene rings is 1. The van der Waals surface area contributed by atoms with Gasteiger partial charge in [-0.15, -0.1) is 0 Å². The summed E-state index contributed by atoms with van der Waals surface area (Å²) in [5.41, 5.74) is 0.120. The zero-order chi connectivity index (χ0) is 13.4. The molecule has 4 nitrogen and oxygen atoms in total. The van der Waals surface area contributed by atoms with Gasteiger partial charge in [-0.25, -0.2) is 12.8 Å². The van der Waals surface area contributed by atoms with Gasteiger partial charge in [0.1, 0.15) is 5.82 Å². The van der Waals surface area contributed by atoms with Gasteiger partial charge in [0.2, 0.25) is 0 Å². The maximum absolute atomic E-state index is 13.3. The summed E-state index contributed by atoms with van der Waals surface area (Å²) in [5.74, 6) is -1.30. The van der Waals surface area contributed by atoms with Crippen molar-refractivity contribution in [2.45, 2.75) is 11.8 Å². The lowest BCUT2D eigenvalue weighted by atomic mass is 10.1. The minimum atomic E-state index is -4.08. The highest BCUT2D eigenvalue weighted by Gasteiger charge is 2.21. The Bertz CT molecular complexity index is 569. The number of amides is 1.